The molecule has 4 heteroatoms. The Morgan fingerprint density at radius 1 is 1.25 bits per heavy atom. The van der Waals surface area contributed by atoms with Gasteiger partial charge in [0.1, 0.15) is 0 Å². The lowest BCUT2D eigenvalue weighted by Crippen LogP contribution is -2.18. The van der Waals surface area contributed by atoms with Crippen molar-refractivity contribution in [2.45, 2.75) is 38.5 Å². The fraction of sp³-hybridized carbons (Fsp3) is 0.562. The molecule has 110 valence electrons. The first-order chi connectivity index (χ1) is 9.75. The molecule has 0 fully saturated rings. The van der Waals surface area contributed by atoms with Gasteiger partial charge in [-0.05, 0) is 56.0 Å². The highest BCUT2D eigenvalue weighted by atomic mass is 16.4. The number of nitrogens with one attached hydrogen (secondary N) is 2. The zero-order chi connectivity index (χ0) is 14.2. The molecule has 0 atom stereocenters. The number of unbranched alkanes of at least 4 members (excludes halogenated alkanes) is 2. The predicted molar refractivity (Wildman–Crippen MR) is 81.3 cm³/mol. The van der Waals surface area contributed by atoms with Gasteiger partial charge in [0.2, 0.25) is 0 Å². The normalized spacial score (nSPS) is 13.0. The molecule has 20 heavy (non-hydrogen) atoms. The second-order valence-electron chi connectivity index (χ2n) is 5.37. The summed E-state index contributed by atoms with van der Waals surface area (Å²) in [6.07, 6.45) is 5.33. The van der Waals surface area contributed by atoms with E-state index >= 15 is 0 Å². The van der Waals surface area contributed by atoms with Gasteiger partial charge in [-0.15, -0.1) is 0 Å². The van der Waals surface area contributed by atoms with Crippen LogP contribution in [0.25, 0.3) is 0 Å². The minimum absolute atomic E-state index is 0.295. The molecule has 0 bridgehead atoms. The highest BCUT2D eigenvalue weighted by molar-refractivity contribution is 5.66. The molecule has 1 aliphatic heterocycles. The van der Waals surface area contributed by atoms with Crippen molar-refractivity contribution in [3.8, 4) is 0 Å². The van der Waals surface area contributed by atoms with E-state index < -0.39 is 5.97 Å². The number of hydrogen-bond donors (Lipinski definition) is 3. The van der Waals surface area contributed by atoms with Gasteiger partial charge in [0.25, 0.3) is 0 Å². The molecule has 0 saturated carbocycles. The largest absolute Gasteiger partial charge is 0.481 e. The van der Waals surface area contributed by atoms with Crippen LogP contribution in [-0.4, -0.2) is 30.7 Å². The van der Waals surface area contributed by atoms with Gasteiger partial charge < -0.3 is 15.7 Å². The minimum atomic E-state index is -0.691. The van der Waals surface area contributed by atoms with Crippen molar-refractivity contribution in [3.05, 3.63) is 29.3 Å². The topological polar surface area (TPSA) is 61.4 Å². The van der Waals surface area contributed by atoms with Gasteiger partial charge in [-0.1, -0.05) is 18.6 Å². The van der Waals surface area contributed by atoms with Gasteiger partial charge >= 0.3 is 5.97 Å². The van der Waals surface area contributed by atoms with Gasteiger partial charge in [-0.3, -0.25) is 4.79 Å². The highest BCUT2D eigenvalue weighted by Crippen LogP contribution is 2.22. The maximum atomic E-state index is 10.4. The monoisotopic (exact) mass is 276 g/mol. The number of carboxylic acids is 1. The Hall–Kier alpha value is -1.55. The summed E-state index contributed by atoms with van der Waals surface area (Å²) in [5.41, 5.74) is 4.13. The third kappa shape index (κ3) is 4.85. The molecule has 0 unspecified atom stereocenters. The highest BCUT2D eigenvalue weighted by Gasteiger charge is 2.09. The lowest BCUT2D eigenvalue weighted by atomic mass is 10.1. The molecular weight excluding hydrogens is 252 g/mol. The Labute approximate surface area is 120 Å². The summed E-state index contributed by atoms with van der Waals surface area (Å²) >= 11 is 0. The van der Waals surface area contributed by atoms with Crippen molar-refractivity contribution in [2.75, 3.05) is 25.0 Å². The number of aliphatic carboxylic acids is 1. The molecule has 4 nitrogen and oxygen atoms in total. The van der Waals surface area contributed by atoms with Crippen molar-refractivity contribution in [1.82, 2.24) is 5.32 Å². The molecule has 0 aliphatic carbocycles. The average Bonchev–Trinajstić information content (AvgIpc) is 2.89. The summed E-state index contributed by atoms with van der Waals surface area (Å²) < 4.78 is 0. The summed E-state index contributed by atoms with van der Waals surface area (Å²) in [5, 5.41) is 15.3. The van der Waals surface area contributed by atoms with Gasteiger partial charge in [-0.25, -0.2) is 0 Å². The van der Waals surface area contributed by atoms with E-state index in [9.17, 15) is 4.79 Å². The second kappa shape index (κ2) is 7.90. The third-order valence-electron chi connectivity index (χ3n) is 3.71. The Balaban J connectivity index is 1.54. The van der Waals surface area contributed by atoms with Crippen molar-refractivity contribution < 1.29 is 9.90 Å². The Morgan fingerprint density at radius 2 is 2.15 bits per heavy atom. The maximum absolute atomic E-state index is 10.4. The first kappa shape index (κ1) is 14.9. The van der Waals surface area contributed by atoms with Crippen molar-refractivity contribution in [2.24, 2.45) is 0 Å². The summed E-state index contributed by atoms with van der Waals surface area (Å²) in [4.78, 5) is 10.4. The maximum Gasteiger partial charge on any atom is 0.303 e. The lowest BCUT2D eigenvalue weighted by Gasteiger charge is -2.06. The van der Waals surface area contributed by atoms with Crippen LogP contribution in [0.2, 0.25) is 0 Å². The van der Waals surface area contributed by atoms with Crippen LogP contribution in [0.3, 0.4) is 0 Å². The molecule has 0 aromatic heterocycles. The number of rotatable bonds is 9. The molecule has 2 rings (SSSR count). The first-order valence-electron chi connectivity index (χ1n) is 7.54. The van der Waals surface area contributed by atoms with E-state index in [1.807, 2.05) is 0 Å². The van der Waals surface area contributed by atoms with Crippen LogP contribution in [0.1, 0.15) is 36.8 Å². The molecule has 0 saturated heterocycles. The van der Waals surface area contributed by atoms with Crippen molar-refractivity contribution in [1.29, 1.82) is 0 Å². The van der Waals surface area contributed by atoms with Crippen LogP contribution >= 0.6 is 0 Å². The number of carboxylic acid groups (broad SMARTS) is 1. The number of benzene rings is 1. The van der Waals surface area contributed by atoms with Crippen LogP contribution in [0.4, 0.5) is 5.69 Å². The lowest BCUT2D eigenvalue weighted by molar-refractivity contribution is -0.137. The molecule has 1 aromatic rings. The van der Waals surface area contributed by atoms with E-state index in [-0.39, 0.29) is 0 Å². The molecule has 0 radical (unpaired) electrons. The zero-order valence-electron chi connectivity index (χ0n) is 12.0. The van der Waals surface area contributed by atoms with Gasteiger partial charge in [0, 0.05) is 18.7 Å². The quantitative estimate of drug-likeness (QED) is 0.606. The summed E-state index contributed by atoms with van der Waals surface area (Å²) in [5.74, 6) is -0.691. The van der Waals surface area contributed by atoms with Crippen LogP contribution in [0, 0.1) is 0 Å². The molecule has 1 aliphatic rings. The first-order valence-corrected chi connectivity index (χ1v) is 7.54. The summed E-state index contributed by atoms with van der Waals surface area (Å²) in [6, 6.07) is 6.69. The van der Waals surface area contributed by atoms with Gasteiger partial charge in [0.15, 0.2) is 0 Å². The van der Waals surface area contributed by atoms with E-state index in [2.05, 4.69) is 28.8 Å². The van der Waals surface area contributed by atoms with Crippen LogP contribution < -0.4 is 10.6 Å². The van der Waals surface area contributed by atoms with E-state index in [1.54, 1.807) is 0 Å². The smallest absolute Gasteiger partial charge is 0.303 e. The molecule has 1 aromatic carbocycles. The molecular formula is C16H24N2O2. The molecule has 1 heterocycles. The standard InChI is InChI=1S/C16H24N2O2/c19-16(20)4-2-1-3-9-17-10-7-13-5-6-15-14(12-13)8-11-18-15/h5-6,12,17-18H,1-4,7-11H2,(H,19,20). The van der Waals surface area contributed by atoms with E-state index in [0.717, 1.165) is 51.7 Å². The second-order valence-corrected chi connectivity index (χ2v) is 5.37. The van der Waals surface area contributed by atoms with Crippen molar-refractivity contribution >= 4 is 11.7 Å². The van der Waals surface area contributed by atoms with Crippen LogP contribution in [0.15, 0.2) is 18.2 Å². The minimum Gasteiger partial charge on any atom is -0.481 e. The van der Waals surface area contributed by atoms with Crippen molar-refractivity contribution in [3.63, 3.8) is 0 Å². The number of carbonyl (C=O) groups is 1. The Kier molecular flexibility index (Phi) is 5.87. The summed E-state index contributed by atoms with van der Waals surface area (Å²) in [7, 11) is 0. The summed E-state index contributed by atoms with van der Waals surface area (Å²) in [6.45, 7) is 3.03. The predicted octanol–water partition coefficient (Wildman–Crippen LogP) is 2.43. The van der Waals surface area contributed by atoms with E-state index in [1.165, 1.54) is 16.8 Å². The SMILES string of the molecule is O=C(O)CCCCCNCCc1ccc2c(c1)CCN2. The fourth-order valence-corrected chi connectivity index (χ4v) is 2.57. The molecule has 3 N–H and O–H groups in total. The molecule has 0 amide bonds. The fourth-order valence-electron chi connectivity index (χ4n) is 2.57. The number of fused-ring (bicyclic) bond motifs is 1. The van der Waals surface area contributed by atoms with E-state index in [0.29, 0.717) is 6.42 Å². The Morgan fingerprint density at radius 3 is 3.00 bits per heavy atom. The van der Waals surface area contributed by atoms with Crippen LogP contribution in [-0.2, 0) is 17.6 Å². The number of anilines is 1. The third-order valence-corrected chi connectivity index (χ3v) is 3.71. The van der Waals surface area contributed by atoms with E-state index in [4.69, 9.17) is 5.11 Å². The zero-order valence-corrected chi connectivity index (χ0v) is 12.0. The van der Waals surface area contributed by atoms with Gasteiger partial charge in [0.05, 0.1) is 0 Å². The van der Waals surface area contributed by atoms with Gasteiger partial charge in [-0.2, -0.15) is 0 Å². The average molecular weight is 276 g/mol. The number of hydrogen-bond acceptors (Lipinski definition) is 3. The van der Waals surface area contributed by atoms with Crippen LogP contribution in [0.5, 0.6) is 0 Å². The Bertz CT molecular complexity index is 446. The molecule has 0 spiro atoms.